The topological polar surface area (TPSA) is 46.2 Å². The molecule has 2 nitrogen and oxygen atoms in total. The van der Waals surface area contributed by atoms with Gasteiger partial charge in [-0.1, -0.05) is 12.1 Å². The fourth-order valence-corrected chi connectivity index (χ4v) is 0.985. The van der Waals surface area contributed by atoms with Gasteiger partial charge in [-0.3, -0.25) is 0 Å². The fourth-order valence-electron chi connectivity index (χ4n) is 0.985. The number of hydrogen-bond donors (Lipinski definition) is 2. The number of phenols is 1. The second-order valence-electron chi connectivity index (χ2n) is 2.52. The third-order valence-corrected chi connectivity index (χ3v) is 1.64. The van der Waals surface area contributed by atoms with Gasteiger partial charge >= 0.3 is 6.18 Å². The van der Waals surface area contributed by atoms with Crippen molar-refractivity contribution in [3.05, 3.63) is 29.3 Å². The zero-order valence-electron chi connectivity index (χ0n) is 6.60. The Hall–Kier alpha value is -1.23. The molecule has 0 atom stereocenters. The summed E-state index contributed by atoms with van der Waals surface area (Å²) in [5.74, 6) is -0.780. The van der Waals surface area contributed by atoms with Crippen LogP contribution in [0.2, 0.25) is 0 Å². The highest BCUT2D eigenvalue weighted by molar-refractivity contribution is 5.41. The molecule has 0 unspecified atom stereocenters. The average molecular weight is 191 g/mol. The molecule has 1 rings (SSSR count). The number of phenolic OH excluding ortho intramolecular Hbond substituents is 1. The van der Waals surface area contributed by atoms with E-state index in [1.165, 1.54) is 12.1 Å². The van der Waals surface area contributed by atoms with Gasteiger partial charge in [-0.15, -0.1) is 0 Å². The molecule has 0 fully saturated rings. The summed E-state index contributed by atoms with van der Waals surface area (Å²) in [6.07, 6.45) is -4.53. The van der Waals surface area contributed by atoms with Crippen LogP contribution < -0.4 is 5.73 Å². The molecule has 0 aliphatic carbocycles. The van der Waals surface area contributed by atoms with E-state index < -0.39 is 17.5 Å². The summed E-state index contributed by atoms with van der Waals surface area (Å²) in [6, 6.07) is 3.38. The number of aromatic hydroxyl groups is 1. The van der Waals surface area contributed by atoms with Crippen molar-refractivity contribution in [2.75, 3.05) is 0 Å². The molecule has 0 aromatic heterocycles. The molecule has 0 radical (unpaired) electrons. The lowest BCUT2D eigenvalue weighted by atomic mass is 10.1. The highest BCUT2D eigenvalue weighted by Crippen LogP contribution is 2.36. The zero-order chi connectivity index (χ0) is 10.1. The van der Waals surface area contributed by atoms with Crippen LogP contribution in [0, 0.1) is 0 Å². The van der Waals surface area contributed by atoms with Crippen LogP contribution in [0.3, 0.4) is 0 Å². The van der Waals surface area contributed by atoms with E-state index in [4.69, 9.17) is 10.8 Å². The lowest BCUT2D eigenvalue weighted by Crippen LogP contribution is -2.07. The summed E-state index contributed by atoms with van der Waals surface area (Å²) in [6.45, 7) is -0.115. The van der Waals surface area contributed by atoms with Gasteiger partial charge in [0.05, 0.1) is 5.56 Å². The quantitative estimate of drug-likeness (QED) is 0.711. The summed E-state index contributed by atoms with van der Waals surface area (Å²) in [7, 11) is 0. The number of hydrogen-bond acceptors (Lipinski definition) is 2. The van der Waals surface area contributed by atoms with E-state index in [0.29, 0.717) is 0 Å². The van der Waals surface area contributed by atoms with E-state index in [1.807, 2.05) is 0 Å². The van der Waals surface area contributed by atoms with Crippen LogP contribution in [0.15, 0.2) is 18.2 Å². The number of alkyl halides is 3. The lowest BCUT2D eigenvalue weighted by molar-refractivity contribution is -0.138. The number of halogens is 3. The second-order valence-corrected chi connectivity index (χ2v) is 2.52. The van der Waals surface area contributed by atoms with Gasteiger partial charge in [-0.25, -0.2) is 0 Å². The zero-order valence-corrected chi connectivity index (χ0v) is 6.60. The molecule has 13 heavy (non-hydrogen) atoms. The lowest BCUT2D eigenvalue weighted by Gasteiger charge is -2.10. The minimum atomic E-state index is -4.53. The first-order chi connectivity index (χ1) is 5.96. The molecule has 0 heterocycles. The van der Waals surface area contributed by atoms with Crippen molar-refractivity contribution in [1.82, 2.24) is 0 Å². The number of benzene rings is 1. The van der Waals surface area contributed by atoms with Crippen molar-refractivity contribution >= 4 is 0 Å². The Kier molecular flexibility index (Phi) is 2.47. The SMILES string of the molecule is NCc1cccc(C(F)(F)F)c1O. The van der Waals surface area contributed by atoms with Gasteiger partial charge in [0.15, 0.2) is 0 Å². The Morgan fingerprint density at radius 2 is 1.92 bits per heavy atom. The third-order valence-electron chi connectivity index (χ3n) is 1.64. The summed E-state index contributed by atoms with van der Waals surface area (Å²) < 4.78 is 36.5. The van der Waals surface area contributed by atoms with E-state index in [-0.39, 0.29) is 12.1 Å². The van der Waals surface area contributed by atoms with Crippen LogP contribution in [-0.2, 0) is 12.7 Å². The molecule has 1 aromatic rings. The number of nitrogens with two attached hydrogens (primary N) is 1. The van der Waals surface area contributed by atoms with Crippen LogP contribution in [0.5, 0.6) is 5.75 Å². The summed E-state index contributed by atoms with van der Waals surface area (Å²) in [5, 5.41) is 9.12. The maximum absolute atomic E-state index is 12.2. The molecule has 5 heteroatoms. The van der Waals surface area contributed by atoms with Crippen LogP contribution >= 0.6 is 0 Å². The summed E-state index contributed by atoms with van der Waals surface area (Å²) in [5.41, 5.74) is 4.18. The molecule has 1 aromatic carbocycles. The monoisotopic (exact) mass is 191 g/mol. The first kappa shape index (κ1) is 9.85. The van der Waals surface area contributed by atoms with Crippen molar-refractivity contribution in [2.24, 2.45) is 5.73 Å². The van der Waals surface area contributed by atoms with Gasteiger partial charge in [0.25, 0.3) is 0 Å². The highest BCUT2D eigenvalue weighted by Gasteiger charge is 2.34. The number of rotatable bonds is 1. The van der Waals surface area contributed by atoms with Crippen molar-refractivity contribution in [3.8, 4) is 5.75 Å². The maximum atomic E-state index is 12.2. The Morgan fingerprint density at radius 3 is 2.38 bits per heavy atom. The van der Waals surface area contributed by atoms with E-state index in [0.717, 1.165) is 6.07 Å². The average Bonchev–Trinajstić information content (AvgIpc) is 2.02. The van der Waals surface area contributed by atoms with Gasteiger partial charge < -0.3 is 10.8 Å². The van der Waals surface area contributed by atoms with Crippen LogP contribution in [0.25, 0.3) is 0 Å². The van der Waals surface area contributed by atoms with E-state index in [1.54, 1.807) is 0 Å². The molecular weight excluding hydrogens is 183 g/mol. The first-order valence-corrected chi connectivity index (χ1v) is 3.55. The molecule has 0 bridgehead atoms. The molecular formula is C8H8F3NO. The van der Waals surface area contributed by atoms with Gasteiger partial charge in [-0.2, -0.15) is 13.2 Å². The predicted octanol–water partition coefficient (Wildman–Crippen LogP) is 1.87. The van der Waals surface area contributed by atoms with Gasteiger partial charge in [-0.05, 0) is 6.07 Å². The smallest absolute Gasteiger partial charge is 0.419 e. The van der Waals surface area contributed by atoms with Crippen LogP contribution in [0.4, 0.5) is 13.2 Å². The molecule has 72 valence electrons. The Bertz CT molecular complexity index is 309. The predicted molar refractivity (Wildman–Crippen MR) is 41.0 cm³/mol. The van der Waals surface area contributed by atoms with Gasteiger partial charge in [0.1, 0.15) is 5.75 Å². The molecule has 0 spiro atoms. The largest absolute Gasteiger partial charge is 0.507 e. The van der Waals surface area contributed by atoms with E-state index >= 15 is 0 Å². The van der Waals surface area contributed by atoms with Crippen LogP contribution in [0.1, 0.15) is 11.1 Å². The van der Waals surface area contributed by atoms with E-state index in [2.05, 4.69) is 0 Å². The van der Waals surface area contributed by atoms with E-state index in [9.17, 15) is 13.2 Å². The van der Waals surface area contributed by atoms with Crippen LogP contribution in [-0.4, -0.2) is 5.11 Å². The third kappa shape index (κ3) is 1.92. The minimum absolute atomic E-state index is 0.0924. The molecule has 3 N–H and O–H groups in total. The molecule has 0 aliphatic rings. The summed E-state index contributed by atoms with van der Waals surface area (Å²) in [4.78, 5) is 0. The van der Waals surface area contributed by atoms with Crippen molar-refractivity contribution < 1.29 is 18.3 Å². The first-order valence-electron chi connectivity index (χ1n) is 3.55. The van der Waals surface area contributed by atoms with Crippen molar-refractivity contribution in [3.63, 3.8) is 0 Å². The summed E-state index contributed by atoms with van der Waals surface area (Å²) >= 11 is 0. The Balaban J connectivity index is 3.24. The normalized spacial score (nSPS) is 11.7. The maximum Gasteiger partial charge on any atom is 0.419 e. The second kappa shape index (κ2) is 3.26. The number of para-hydroxylation sites is 1. The highest BCUT2D eigenvalue weighted by atomic mass is 19.4. The Morgan fingerprint density at radius 1 is 1.31 bits per heavy atom. The van der Waals surface area contributed by atoms with Crippen molar-refractivity contribution in [2.45, 2.75) is 12.7 Å². The fraction of sp³-hybridized carbons (Fsp3) is 0.250. The Labute approximate surface area is 72.8 Å². The van der Waals surface area contributed by atoms with Gasteiger partial charge in [0, 0.05) is 12.1 Å². The minimum Gasteiger partial charge on any atom is -0.507 e. The molecule has 0 saturated heterocycles. The van der Waals surface area contributed by atoms with Crippen molar-refractivity contribution in [1.29, 1.82) is 0 Å². The molecule has 0 amide bonds. The molecule has 0 aliphatic heterocycles. The molecule has 0 saturated carbocycles. The van der Waals surface area contributed by atoms with Gasteiger partial charge in [0.2, 0.25) is 0 Å². The standard InChI is InChI=1S/C8H8F3NO/c9-8(10,11)6-3-1-2-5(4-12)7(6)13/h1-3,13H,4,12H2.